The third-order valence-corrected chi connectivity index (χ3v) is 14.2. The van der Waals surface area contributed by atoms with E-state index < -0.39 is 90.0 Å². The Kier molecular flexibility index (Phi) is 44.3. The Bertz CT molecular complexity index is 1970. The first-order valence-electron chi connectivity index (χ1n) is 30.1. The average Bonchev–Trinajstić information content (AvgIpc) is 1.64. The van der Waals surface area contributed by atoms with Gasteiger partial charge in [0, 0.05) is 44.3 Å². The number of alkyl halides is 18. The van der Waals surface area contributed by atoms with E-state index in [2.05, 4.69) is 101 Å². The molecule has 10 atom stereocenters. The summed E-state index contributed by atoms with van der Waals surface area (Å²) in [7, 11) is 0. The summed E-state index contributed by atoms with van der Waals surface area (Å²) in [5.74, 6) is 0. The van der Waals surface area contributed by atoms with E-state index in [-0.39, 0.29) is 77.8 Å². The van der Waals surface area contributed by atoms with E-state index in [1.165, 1.54) is 16.3 Å². The first-order chi connectivity index (χ1) is 43.9. The molecule has 3 aliphatic carbocycles. The third-order valence-electron chi connectivity index (χ3n) is 14.2. The van der Waals surface area contributed by atoms with Crippen molar-refractivity contribution in [3.63, 3.8) is 0 Å². The van der Waals surface area contributed by atoms with Crippen molar-refractivity contribution in [1.82, 2.24) is 10.6 Å². The van der Waals surface area contributed by atoms with E-state index >= 15 is 0 Å². The fourth-order valence-electron chi connectivity index (χ4n) is 11.7. The molecule has 580 valence electrons. The lowest BCUT2D eigenvalue weighted by molar-refractivity contribution is -0.548. The van der Waals surface area contributed by atoms with Crippen LogP contribution in [0.15, 0.2) is 0 Å². The standard InChI is InChI=1S/C15H31FN2O2.C14H29FN2O2.C10H22N2.C5H9FO2.2C4H2F8O3.C4H7FO2/c1-14(2)6-12(17)7-15(3,10-14)11-18-8-13(19)9-20-5-4-16;1-13(2)4-11(16)5-14(3,8-13)9-17-6-12(18)7-19-10-15;1-9(2)4-8(12)5-10(3,6-9)7-11;6-1-2-7-3-5-4-8-5;2*5-1-13-4(10,11)14-2(6,7)3(8,9)15-12;5-3-6-1-4-2-7-4/h12-13,18-19H,4-11,17H2,1-3H3;11-12,17-18H,4-10,16H2,1-3H3;8H,4-7,11-12H2,1-3H3;5H,1-4H2;2*1H2;4H,1-3H2. The monoisotopic (exact) mass is 1460 g/mol. The van der Waals surface area contributed by atoms with Gasteiger partial charge in [0.15, 0.2) is 27.4 Å². The minimum atomic E-state index is -6.04. The Balaban J connectivity index is 0. The Hall–Kier alpha value is -2.20. The molecule has 2 aliphatic heterocycles. The van der Waals surface area contributed by atoms with Gasteiger partial charge in [-0.15, -0.1) is 27.4 Å². The lowest BCUT2D eigenvalue weighted by Gasteiger charge is -2.46. The third kappa shape index (κ3) is 44.2. The van der Waals surface area contributed by atoms with Gasteiger partial charge in [0.2, 0.25) is 0 Å². The van der Waals surface area contributed by atoms with Gasteiger partial charge in [-0.2, -0.15) is 35.1 Å². The molecule has 0 radical (unpaired) electrons. The van der Waals surface area contributed by atoms with E-state index in [9.17, 15) is 98.3 Å². The minimum absolute atomic E-state index is 0.0330. The smallest absolute Gasteiger partial charge is 0.389 e. The quantitative estimate of drug-likeness (QED) is 0.0127. The van der Waals surface area contributed by atoms with Gasteiger partial charge in [-0.3, -0.25) is 9.47 Å². The molecule has 0 bridgehead atoms. The van der Waals surface area contributed by atoms with Crippen LogP contribution in [0, 0.1) is 32.5 Å². The highest BCUT2D eigenvalue weighted by Crippen LogP contribution is 2.48. The maximum atomic E-state index is 12.0. The van der Waals surface area contributed by atoms with Crippen molar-refractivity contribution >= 4 is 0 Å². The zero-order valence-electron chi connectivity index (χ0n) is 55.5. The van der Waals surface area contributed by atoms with E-state index in [0.29, 0.717) is 37.8 Å². The van der Waals surface area contributed by atoms with Crippen molar-refractivity contribution in [2.75, 3.05) is 126 Å². The SMILES string of the molecule is CC1(C)CC(N)CC(C)(CN)C1.CC1(C)CC(N)CC(C)(CNCC(O)COCCF)C1.CC1(C)CC(N)CC(C)(CNCC(O)COCF)C1.FCCOCC1CO1.FCOC(F)(F)OC(F)(F)C(F)(F)OF.FCOC(F)(F)OC(F)(F)C(F)(F)OF.FCOCC1CO1. The number of aliphatic hydroxyl groups excluding tert-OH is 2. The summed E-state index contributed by atoms with van der Waals surface area (Å²) < 4.78 is 270. The van der Waals surface area contributed by atoms with Crippen LogP contribution in [0.4, 0.5) is 88.1 Å². The summed E-state index contributed by atoms with van der Waals surface area (Å²) in [6, 6.07) is 0.848. The van der Waals surface area contributed by atoms with Crippen molar-refractivity contribution in [3.8, 4) is 0 Å². The van der Waals surface area contributed by atoms with Crippen molar-refractivity contribution < 1.29 is 156 Å². The predicted molar refractivity (Wildman–Crippen MR) is 305 cm³/mol. The molecule has 96 heavy (non-hydrogen) atoms. The van der Waals surface area contributed by atoms with Crippen LogP contribution in [-0.2, 0) is 57.3 Å². The second-order valence-electron chi connectivity index (χ2n) is 27.0. The molecule has 20 nitrogen and oxygen atoms in total. The highest BCUT2D eigenvalue weighted by molar-refractivity contribution is 4.96. The molecule has 0 aromatic heterocycles. The Morgan fingerprint density at radius 3 is 1.06 bits per heavy atom. The molecule has 10 unspecified atom stereocenters. The molecule has 5 rings (SSSR count). The predicted octanol–water partition coefficient (Wildman–Crippen LogP) is 10.2. The minimum Gasteiger partial charge on any atom is -0.389 e. The largest absolute Gasteiger partial charge is 0.492 e. The molecule has 0 aromatic rings. The van der Waals surface area contributed by atoms with Crippen molar-refractivity contribution in [2.45, 2.75) is 200 Å². The highest BCUT2D eigenvalue weighted by atomic mass is 19.4. The van der Waals surface area contributed by atoms with Crippen LogP contribution in [0.2, 0.25) is 0 Å². The number of nitrogens with one attached hydrogen (secondary N) is 2. The molecule has 0 amide bonds. The van der Waals surface area contributed by atoms with E-state index in [1.54, 1.807) is 0 Å². The molecule has 5 aliphatic rings. The normalized spacial score (nSPS) is 26.7. The van der Waals surface area contributed by atoms with Gasteiger partial charge in [0.1, 0.15) is 25.6 Å². The van der Waals surface area contributed by atoms with Crippen LogP contribution in [-0.4, -0.2) is 216 Å². The number of hydrogen-bond donors (Lipinski definition) is 8. The summed E-state index contributed by atoms with van der Waals surface area (Å²) in [5, 5.41) is 25.8. The summed E-state index contributed by atoms with van der Waals surface area (Å²) in [4.78, 5) is 2.87. The Morgan fingerprint density at radius 1 is 0.458 bits per heavy atom. The number of epoxide rings is 2. The van der Waals surface area contributed by atoms with Crippen LogP contribution in [0.5, 0.6) is 0 Å². The molecule has 40 heteroatoms. The second kappa shape index (κ2) is 44.3. The average molecular weight is 1460 g/mol. The maximum Gasteiger partial charge on any atom is 0.492 e. The van der Waals surface area contributed by atoms with Crippen LogP contribution in [0.25, 0.3) is 0 Å². The van der Waals surface area contributed by atoms with Crippen LogP contribution in [0.1, 0.15) is 120 Å². The van der Waals surface area contributed by atoms with Crippen LogP contribution in [0.3, 0.4) is 0 Å². The molecule has 2 heterocycles. The Morgan fingerprint density at radius 2 is 0.771 bits per heavy atom. The Labute approximate surface area is 546 Å². The zero-order valence-corrected chi connectivity index (χ0v) is 55.5. The summed E-state index contributed by atoms with van der Waals surface area (Å²) >= 11 is 0. The van der Waals surface area contributed by atoms with Crippen molar-refractivity contribution in [1.29, 1.82) is 0 Å². The molecule has 2 saturated heterocycles. The van der Waals surface area contributed by atoms with Gasteiger partial charge >= 0.3 is 37.0 Å². The first-order valence-corrected chi connectivity index (χ1v) is 30.1. The topological polar surface area (TPSA) is 286 Å². The number of hydrogen-bond acceptors (Lipinski definition) is 20. The molecular weight excluding hydrogens is 1360 g/mol. The van der Waals surface area contributed by atoms with Gasteiger partial charge in [-0.1, -0.05) is 62.3 Å². The zero-order chi connectivity index (χ0) is 74.7. The van der Waals surface area contributed by atoms with Gasteiger partial charge < -0.3 is 72.2 Å². The first kappa shape index (κ1) is 95.9. The lowest BCUT2D eigenvalue weighted by atomic mass is 9.63. The maximum absolute atomic E-state index is 12.0. The number of rotatable bonds is 35. The molecule has 5 fully saturated rings. The number of aliphatic hydroxyl groups is 2. The number of halogens is 20. The molecule has 12 N–H and O–H groups in total. The summed E-state index contributed by atoms with van der Waals surface area (Å²) in [6.07, 6.45) is -25.7. The van der Waals surface area contributed by atoms with E-state index in [1.807, 2.05) is 0 Å². The number of nitrogens with two attached hydrogens (primary N) is 4. The molecule has 0 spiro atoms. The molecule has 3 saturated carbocycles. The highest BCUT2D eigenvalue weighted by Gasteiger charge is 2.67. The number of ether oxygens (including phenoxy) is 10. The lowest BCUT2D eigenvalue weighted by Crippen LogP contribution is -2.48. The molecular formula is C56H102F20N6O14. The van der Waals surface area contributed by atoms with E-state index in [0.717, 1.165) is 84.2 Å². The van der Waals surface area contributed by atoms with Crippen molar-refractivity contribution in [2.24, 2.45) is 55.4 Å². The summed E-state index contributed by atoms with van der Waals surface area (Å²) in [5.41, 5.74) is 25.6. The van der Waals surface area contributed by atoms with Gasteiger partial charge in [0.05, 0.1) is 65.1 Å². The van der Waals surface area contributed by atoms with Crippen LogP contribution >= 0.6 is 0 Å². The van der Waals surface area contributed by atoms with Crippen LogP contribution < -0.4 is 33.6 Å². The van der Waals surface area contributed by atoms with Crippen molar-refractivity contribution in [3.05, 3.63) is 0 Å². The van der Waals surface area contributed by atoms with E-state index in [4.69, 9.17) is 41.9 Å². The van der Waals surface area contributed by atoms with Gasteiger partial charge in [-0.25, -0.2) is 35.8 Å². The van der Waals surface area contributed by atoms with Gasteiger partial charge in [-0.05, 0) is 106 Å². The fraction of sp³-hybridized carbons (Fsp3) is 1.00. The van der Waals surface area contributed by atoms with Gasteiger partial charge in [0.25, 0.3) is 0 Å². The second-order valence-corrected chi connectivity index (χ2v) is 27.0. The summed E-state index contributed by atoms with van der Waals surface area (Å²) in [6.45, 7) is 19.6. The fourth-order valence-corrected chi connectivity index (χ4v) is 11.7. The molecule has 0 aromatic carbocycles.